The molecule has 344 valence electrons. The van der Waals surface area contributed by atoms with E-state index in [2.05, 4.69) is 5.32 Å². The maximum Gasteiger partial charge on any atom is 0.247 e. The molecule has 0 spiro atoms. The molecule has 14 heteroatoms. The van der Waals surface area contributed by atoms with Gasteiger partial charge in [-0.25, -0.2) is 5.06 Å². The molecule has 0 aliphatic rings. The van der Waals surface area contributed by atoms with Gasteiger partial charge in [-0.2, -0.15) is 0 Å². The second-order valence-electron chi connectivity index (χ2n) is 16.7. The first kappa shape index (κ1) is 50.2. The van der Waals surface area contributed by atoms with Gasteiger partial charge < -0.3 is 35.9 Å². The maximum atomic E-state index is 14.8. The number of amides is 5. The zero-order valence-corrected chi connectivity index (χ0v) is 38.2. The van der Waals surface area contributed by atoms with Crippen LogP contribution in [0.2, 0.25) is 0 Å². The summed E-state index contributed by atoms with van der Waals surface area (Å²) in [6.07, 6.45) is 0.316. The van der Waals surface area contributed by atoms with Gasteiger partial charge in [-0.05, 0) is 84.0 Å². The van der Waals surface area contributed by atoms with Gasteiger partial charge in [0.2, 0.25) is 29.5 Å². The highest BCUT2D eigenvalue weighted by atomic mass is 16.7. The van der Waals surface area contributed by atoms with Crippen molar-refractivity contribution >= 4 is 29.5 Å². The summed E-state index contributed by atoms with van der Waals surface area (Å²) >= 11 is 0. The van der Waals surface area contributed by atoms with Crippen LogP contribution in [0.3, 0.4) is 0 Å². The molecule has 14 nitrogen and oxygen atoms in total. The highest BCUT2D eigenvalue weighted by molar-refractivity contribution is 5.93. The monoisotopic (exact) mass is 879 g/mol. The Morgan fingerprint density at radius 1 is 0.703 bits per heavy atom. The van der Waals surface area contributed by atoms with Crippen molar-refractivity contribution in [2.24, 2.45) is 29.2 Å². The van der Waals surface area contributed by atoms with Gasteiger partial charge in [-0.15, -0.1) is 0 Å². The van der Waals surface area contributed by atoms with Crippen LogP contribution < -0.4 is 31.0 Å². The SMILES string of the molecule is COc1ccc(CON(Cc2ccc(OC)cc2OC)C(=O)C[C@@H](CC(C)C)C(=O)N[C@@H](CCC(N)=O)C(=O)N(CCc2ccc(-c3ccccc3)cc2)[C@@H](CC(C)C)C(N)=O)cc1. The predicted octanol–water partition coefficient (Wildman–Crippen LogP) is 6.61. The molecule has 0 heterocycles. The molecule has 0 aliphatic heterocycles. The fourth-order valence-corrected chi connectivity index (χ4v) is 7.42. The van der Waals surface area contributed by atoms with Crippen molar-refractivity contribution in [2.45, 2.75) is 91.5 Å². The van der Waals surface area contributed by atoms with Gasteiger partial charge >= 0.3 is 0 Å². The third-order valence-corrected chi connectivity index (χ3v) is 10.9. The van der Waals surface area contributed by atoms with Crippen LogP contribution in [0.15, 0.2) is 97.1 Å². The normalized spacial score (nSPS) is 12.5. The number of nitrogens with zero attached hydrogens (tertiary/aromatic N) is 2. The Hall–Kier alpha value is -6.41. The lowest BCUT2D eigenvalue weighted by Crippen LogP contribution is -2.57. The largest absolute Gasteiger partial charge is 0.497 e. The lowest BCUT2D eigenvalue weighted by Gasteiger charge is -2.34. The minimum atomic E-state index is -1.26. The number of hydroxylamine groups is 2. The molecule has 0 bridgehead atoms. The van der Waals surface area contributed by atoms with E-state index in [1.54, 1.807) is 44.6 Å². The van der Waals surface area contributed by atoms with Gasteiger partial charge in [0.1, 0.15) is 35.9 Å². The van der Waals surface area contributed by atoms with E-state index < -0.39 is 47.5 Å². The second kappa shape index (κ2) is 25.0. The number of primary amides is 2. The number of rotatable bonds is 26. The molecule has 5 N–H and O–H groups in total. The van der Waals surface area contributed by atoms with Crippen LogP contribution in [-0.2, 0) is 48.4 Å². The molecular weight excluding hydrogens is 815 g/mol. The highest BCUT2D eigenvalue weighted by Gasteiger charge is 2.36. The number of carbonyl (C=O) groups is 5. The summed E-state index contributed by atoms with van der Waals surface area (Å²) in [5.74, 6) is -2.25. The number of methoxy groups -OCH3 is 3. The number of ether oxygens (including phenoxy) is 3. The van der Waals surface area contributed by atoms with Crippen molar-refractivity contribution in [1.82, 2.24) is 15.3 Å². The molecule has 3 atom stereocenters. The summed E-state index contributed by atoms with van der Waals surface area (Å²) in [5, 5.41) is 4.09. The maximum absolute atomic E-state index is 14.8. The number of carbonyl (C=O) groups excluding carboxylic acids is 5. The van der Waals surface area contributed by atoms with Crippen molar-refractivity contribution < 1.29 is 43.0 Å². The molecule has 0 saturated heterocycles. The van der Waals surface area contributed by atoms with E-state index in [0.29, 0.717) is 29.2 Å². The summed E-state index contributed by atoms with van der Waals surface area (Å²) in [6, 6.07) is 28.1. The fraction of sp³-hybridized carbons (Fsp3) is 0.420. The Labute approximate surface area is 377 Å². The van der Waals surface area contributed by atoms with E-state index in [4.69, 9.17) is 30.5 Å². The van der Waals surface area contributed by atoms with E-state index in [9.17, 15) is 24.0 Å². The summed E-state index contributed by atoms with van der Waals surface area (Å²) in [4.78, 5) is 76.4. The van der Waals surface area contributed by atoms with Gasteiger partial charge in [0, 0.05) is 36.9 Å². The van der Waals surface area contributed by atoms with E-state index in [0.717, 1.165) is 22.3 Å². The lowest BCUT2D eigenvalue weighted by molar-refractivity contribution is -0.197. The Morgan fingerprint density at radius 3 is 1.89 bits per heavy atom. The van der Waals surface area contributed by atoms with Crippen molar-refractivity contribution in [1.29, 1.82) is 0 Å². The van der Waals surface area contributed by atoms with Gasteiger partial charge in [-0.1, -0.05) is 94.4 Å². The number of benzene rings is 4. The predicted molar refractivity (Wildman–Crippen MR) is 246 cm³/mol. The van der Waals surface area contributed by atoms with Crippen LogP contribution >= 0.6 is 0 Å². The van der Waals surface area contributed by atoms with E-state index in [-0.39, 0.29) is 63.6 Å². The van der Waals surface area contributed by atoms with Crippen LogP contribution in [-0.4, -0.2) is 79.5 Å². The number of nitrogens with two attached hydrogens (primary N) is 2. The molecule has 0 radical (unpaired) electrons. The molecule has 64 heavy (non-hydrogen) atoms. The van der Waals surface area contributed by atoms with Gasteiger partial charge in [0.15, 0.2) is 0 Å². The zero-order valence-electron chi connectivity index (χ0n) is 38.2. The van der Waals surface area contributed by atoms with Gasteiger partial charge in [0.05, 0.1) is 27.9 Å². The summed E-state index contributed by atoms with van der Waals surface area (Å²) in [5.41, 5.74) is 16.0. The van der Waals surface area contributed by atoms with Gasteiger partial charge in [-0.3, -0.25) is 28.8 Å². The number of nitrogens with one attached hydrogen (secondary N) is 1. The molecule has 4 aromatic carbocycles. The molecule has 0 fully saturated rings. The average molecular weight is 880 g/mol. The van der Waals surface area contributed by atoms with Crippen molar-refractivity contribution in [3.8, 4) is 28.4 Å². The summed E-state index contributed by atoms with van der Waals surface area (Å²) in [6.45, 7) is 7.83. The Kier molecular flexibility index (Phi) is 19.6. The topological polar surface area (TPSA) is 193 Å². The quantitative estimate of drug-likeness (QED) is 0.0582. The third-order valence-electron chi connectivity index (χ3n) is 10.9. The summed E-state index contributed by atoms with van der Waals surface area (Å²) < 4.78 is 16.3. The molecule has 0 unspecified atom stereocenters. The Morgan fingerprint density at radius 2 is 1.31 bits per heavy atom. The standard InChI is InChI=1S/C50H65N5O9/c1-33(2)27-40(29-47(57)55(64-32-36-15-20-41(61-5)21-16-36)31-39-19-22-42(62-6)30-45(39)63-7)49(59)53-43(23-24-46(51)56)50(60)54(44(48(52)58)28-34(3)4)26-25-35-13-17-38(18-14-35)37-11-9-8-10-12-37/h8-22,30,33-34,40,43-44H,23-29,31-32H2,1-7H3,(H2,51,56)(H2,52,58)(H,53,59)/t40-,43+,44+/m1/s1. The van der Waals surface area contributed by atoms with E-state index in [1.807, 2.05) is 94.4 Å². The van der Waals surface area contributed by atoms with Crippen LogP contribution in [0, 0.1) is 17.8 Å². The molecule has 0 saturated carbocycles. The van der Waals surface area contributed by atoms with Gasteiger partial charge in [0.25, 0.3) is 0 Å². The fourth-order valence-electron chi connectivity index (χ4n) is 7.42. The van der Waals surface area contributed by atoms with Crippen molar-refractivity contribution in [3.63, 3.8) is 0 Å². The van der Waals surface area contributed by atoms with Crippen LogP contribution in [0.1, 0.15) is 76.5 Å². The Balaban J connectivity index is 1.62. The molecule has 5 amide bonds. The van der Waals surface area contributed by atoms with Crippen molar-refractivity contribution in [2.75, 3.05) is 27.9 Å². The van der Waals surface area contributed by atoms with Crippen LogP contribution in [0.4, 0.5) is 0 Å². The molecule has 0 aromatic heterocycles. The number of hydrogen-bond donors (Lipinski definition) is 3. The first-order valence-corrected chi connectivity index (χ1v) is 21.7. The smallest absolute Gasteiger partial charge is 0.247 e. The molecule has 4 aromatic rings. The molecule has 0 aliphatic carbocycles. The first-order chi connectivity index (χ1) is 30.6. The minimum Gasteiger partial charge on any atom is -0.497 e. The number of hydrogen-bond acceptors (Lipinski definition) is 9. The first-order valence-electron chi connectivity index (χ1n) is 21.7. The minimum absolute atomic E-state index is 0.00850. The zero-order chi connectivity index (χ0) is 46.8. The van der Waals surface area contributed by atoms with E-state index in [1.165, 1.54) is 17.1 Å². The van der Waals surface area contributed by atoms with Crippen LogP contribution in [0.25, 0.3) is 11.1 Å². The van der Waals surface area contributed by atoms with Crippen LogP contribution in [0.5, 0.6) is 17.2 Å². The molecule has 4 rings (SSSR count). The third kappa shape index (κ3) is 15.4. The second-order valence-corrected chi connectivity index (χ2v) is 16.7. The van der Waals surface area contributed by atoms with Crippen molar-refractivity contribution in [3.05, 3.63) is 114 Å². The molecular formula is C50H65N5O9. The van der Waals surface area contributed by atoms with E-state index >= 15 is 0 Å². The highest BCUT2D eigenvalue weighted by Crippen LogP contribution is 2.28. The Bertz CT molecular complexity index is 2130. The lowest BCUT2D eigenvalue weighted by atomic mass is 9.92. The average Bonchev–Trinajstić information content (AvgIpc) is 3.28. The summed E-state index contributed by atoms with van der Waals surface area (Å²) in [7, 11) is 4.63.